The lowest BCUT2D eigenvalue weighted by Crippen LogP contribution is -2.39. The van der Waals surface area contributed by atoms with Crippen LogP contribution in [-0.4, -0.2) is 50.8 Å². The van der Waals surface area contributed by atoms with Crippen LogP contribution in [0, 0.1) is 13.8 Å². The first-order chi connectivity index (χ1) is 15.0. The van der Waals surface area contributed by atoms with Crippen LogP contribution < -0.4 is 5.32 Å². The molecule has 2 amide bonds. The Hall–Kier alpha value is -2.83. The van der Waals surface area contributed by atoms with Gasteiger partial charge in [-0.05, 0) is 51.7 Å². The van der Waals surface area contributed by atoms with E-state index in [1.807, 2.05) is 18.7 Å². The maximum absolute atomic E-state index is 12.8. The molecule has 1 saturated carbocycles. The molecule has 0 unspecified atom stereocenters. The Morgan fingerprint density at radius 2 is 1.71 bits per heavy atom. The molecule has 31 heavy (non-hydrogen) atoms. The third-order valence-corrected chi connectivity index (χ3v) is 6.50. The number of nitrogens with zero attached hydrogens (tertiary/aromatic N) is 4. The van der Waals surface area contributed by atoms with Gasteiger partial charge in [0.2, 0.25) is 5.91 Å². The summed E-state index contributed by atoms with van der Waals surface area (Å²) in [6.07, 6.45) is 10.1. The zero-order chi connectivity index (χ0) is 21.8. The van der Waals surface area contributed by atoms with Crippen molar-refractivity contribution < 1.29 is 9.59 Å². The highest BCUT2D eigenvalue weighted by molar-refractivity contribution is 5.94. The topological polar surface area (TPSA) is 88.1 Å². The summed E-state index contributed by atoms with van der Waals surface area (Å²) in [7, 11) is 0. The molecular weight excluding hydrogens is 390 g/mol. The highest BCUT2D eigenvalue weighted by Gasteiger charge is 2.28. The molecule has 1 saturated heterocycles. The lowest BCUT2D eigenvalue weighted by atomic mass is 9.95. The first-order valence-corrected chi connectivity index (χ1v) is 11.3. The number of carbonyl (C=O) groups is 2. The molecule has 3 heterocycles. The number of likely N-dealkylation sites (tertiary alicyclic amines) is 1. The normalized spacial score (nSPS) is 19.4. The third kappa shape index (κ3) is 5.09. The lowest BCUT2D eigenvalue weighted by molar-refractivity contribution is -0.121. The van der Waals surface area contributed by atoms with Crippen LogP contribution in [0.1, 0.15) is 77.6 Å². The zero-order valence-electron chi connectivity index (χ0n) is 18.4. The molecule has 1 aliphatic carbocycles. The fourth-order valence-electron chi connectivity index (χ4n) is 4.76. The van der Waals surface area contributed by atoms with Gasteiger partial charge in [-0.2, -0.15) is 0 Å². The monoisotopic (exact) mass is 421 g/mol. The van der Waals surface area contributed by atoms with Gasteiger partial charge in [0.15, 0.2) is 0 Å². The van der Waals surface area contributed by atoms with E-state index >= 15 is 0 Å². The van der Waals surface area contributed by atoms with E-state index in [1.54, 1.807) is 24.5 Å². The fraction of sp³-hybridized carbons (Fsp3) is 0.542. The molecule has 1 atom stereocenters. The second-order valence-corrected chi connectivity index (χ2v) is 8.78. The van der Waals surface area contributed by atoms with E-state index in [9.17, 15) is 9.59 Å². The molecule has 164 valence electrons. The van der Waals surface area contributed by atoms with E-state index in [2.05, 4.69) is 10.3 Å². The number of hydrogen-bond acceptors (Lipinski definition) is 5. The van der Waals surface area contributed by atoms with Gasteiger partial charge in [-0.15, -0.1) is 0 Å². The van der Waals surface area contributed by atoms with Crippen LogP contribution in [0.25, 0.3) is 0 Å². The van der Waals surface area contributed by atoms with Gasteiger partial charge in [0.05, 0.1) is 6.42 Å². The van der Waals surface area contributed by atoms with Crippen LogP contribution in [0.15, 0.2) is 24.5 Å². The van der Waals surface area contributed by atoms with Crippen molar-refractivity contribution in [3.8, 4) is 0 Å². The minimum Gasteiger partial charge on any atom is -0.353 e. The van der Waals surface area contributed by atoms with Gasteiger partial charge in [-0.3, -0.25) is 14.6 Å². The van der Waals surface area contributed by atoms with Gasteiger partial charge in [0.1, 0.15) is 5.82 Å². The molecule has 0 bridgehead atoms. The van der Waals surface area contributed by atoms with Crippen LogP contribution in [0.3, 0.4) is 0 Å². The molecule has 0 radical (unpaired) electrons. The van der Waals surface area contributed by atoms with Crippen LogP contribution in [0.5, 0.6) is 0 Å². The van der Waals surface area contributed by atoms with Crippen molar-refractivity contribution >= 4 is 11.8 Å². The van der Waals surface area contributed by atoms with E-state index in [0.717, 1.165) is 55.0 Å². The summed E-state index contributed by atoms with van der Waals surface area (Å²) in [6.45, 7) is 5.27. The summed E-state index contributed by atoms with van der Waals surface area (Å²) in [5.41, 5.74) is 3.30. The quantitative estimate of drug-likeness (QED) is 0.801. The standard InChI is InChI=1S/C24H31N5O2/c1-16-21(14-22(30)28-20-7-3-4-8-20)17(2)27-23(26-16)19-6-5-13-29(15-19)24(31)18-9-11-25-12-10-18/h9-12,19-20H,3-8,13-15H2,1-2H3,(H,28,30)/t19-/m1/s1. The second kappa shape index (κ2) is 9.54. The molecule has 0 spiro atoms. The number of aryl methyl sites for hydroxylation is 2. The first kappa shape index (κ1) is 21.4. The van der Waals surface area contributed by atoms with Crippen molar-refractivity contribution in [1.82, 2.24) is 25.2 Å². The van der Waals surface area contributed by atoms with Gasteiger partial charge < -0.3 is 10.2 Å². The number of hydrogen-bond donors (Lipinski definition) is 1. The predicted molar refractivity (Wildman–Crippen MR) is 118 cm³/mol. The third-order valence-electron chi connectivity index (χ3n) is 6.50. The Balaban J connectivity index is 1.44. The number of piperidine rings is 1. The van der Waals surface area contributed by atoms with E-state index in [0.29, 0.717) is 24.6 Å². The van der Waals surface area contributed by atoms with Crippen molar-refractivity contribution in [3.63, 3.8) is 0 Å². The molecule has 7 heteroatoms. The summed E-state index contributed by atoms with van der Waals surface area (Å²) in [6, 6.07) is 3.82. The Bertz CT molecular complexity index is 917. The summed E-state index contributed by atoms with van der Waals surface area (Å²) in [4.78, 5) is 40.8. The summed E-state index contributed by atoms with van der Waals surface area (Å²) >= 11 is 0. The molecule has 2 aromatic heterocycles. The van der Waals surface area contributed by atoms with Crippen molar-refractivity contribution in [2.45, 2.75) is 70.8 Å². The van der Waals surface area contributed by atoms with Gasteiger partial charge >= 0.3 is 0 Å². The molecule has 2 fully saturated rings. The zero-order valence-corrected chi connectivity index (χ0v) is 18.4. The van der Waals surface area contributed by atoms with Crippen LogP contribution in [-0.2, 0) is 11.2 Å². The number of nitrogens with one attached hydrogen (secondary N) is 1. The van der Waals surface area contributed by atoms with E-state index in [-0.39, 0.29) is 17.7 Å². The smallest absolute Gasteiger partial charge is 0.253 e. The van der Waals surface area contributed by atoms with Crippen molar-refractivity contribution in [2.24, 2.45) is 0 Å². The molecule has 4 rings (SSSR count). The van der Waals surface area contributed by atoms with Gasteiger partial charge in [-0.1, -0.05) is 12.8 Å². The molecule has 0 aromatic carbocycles. The molecule has 2 aromatic rings. The van der Waals surface area contributed by atoms with Gasteiger partial charge in [-0.25, -0.2) is 9.97 Å². The highest BCUT2D eigenvalue weighted by Crippen LogP contribution is 2.27. The number of aromatic nitrogens is 3. The van der Waals surface area contributed by atoms with Crippen LogP contribution >= 0.6 is 0 Å². The van der Waals surface area contributed by atoms with Gasteiger partial charge in [0.25, 0.3) is 5.91 Å². The Labute approximate surface area is 183 Å². The van der Waals surface area contributed by atoms with E-state index in [4.69, 9.17) is 9.97 Å². The van der Waals surface area contributed by atoms with Crippen molar-refractivity contribution in [1.29, 1.82) is 0 Å². The average Bonchev–Trinajstić information content (AvgIpc) is 3.29. The number of amides is 2. The number of pyridine rings is 1. The predicted octanol–water partition coefficient (Wildman–Crippen LogP) is 3.11. The van der Waals surface area contributed by atoms with Crippen LogP contribution in [0.2, 0.25) is 0 Å². The first-order valence-electron chi connectivity index (χ1n) is 11.3. The van der Waals surface area contributed by atoms with Crippen molar-refractivity contribution in [3.05, 3.63) is 52.9 Å². The molecular formula is C24H31N5O2. The molecule has 7 nitrogen and oxygen atoms in total. The lowest BCUT2D eigenvalue weighted by Gasteiger charge is -2.32. The molecule has 1 N–H and O–H groups in total. The van der Waals surface area contributed by atoms with Crippen LogP contribution in [0.4, 0.5) is 0 Å². The molecule has 2 aliphatic rings. The van der Waals surface area contributed by atoms with E-state index < -0.39 is 0 Å². The number of carbonyl (C=O) groups excluding carboxylic acids is 2. The summed E-state index contributed by atoms with van der Waals surface area (Å²) in [5, 5.41) is 3.15. The highest BCUT2D eigenvalue weighted by atomic mass is 16.2. The summed E-state index contributed by atoms with van der Waals surface area (Å²) < 4.78 is 0. The SMILES string of the molecule is Cc1nc([C@@H]2CCCN(C(=O)c3ccncc3)C2)nc(C)c1CC(=O)NC1CCCC1. The summed E-state index contributed by atoms with van der Waals surface area (Å²) in [5.74, 6) is 0.975. The van der Waals surface area contributed by atoms with Crippen molar-refractivity contribution in [2.75, 3.05) is 13.1 Å². The Morgan fingerprint density at radius 3 is 2.39 bits per heavy atom. The Morgan fingerprint density at radius 1 is 1.03 bits per heavy atom. The molecule has 1 aliphatic heterocycles. The van der Waals surface area contributed by atoms with E-state index in [1.165, 1.54) is 12.8 Å². The van der Waals surface area contributed by atoms with Gasteiger partial charge in [0, 0.05) is 60.0 Å². The maximum Gasteiger partial charge on any atom is 0.253 e. The largest absolute Gasteiger partial charge is 0.353 e. The number of rotatable bonds is 5. The minimum atomic E-state index is 0.0285. The average molecular weight is 422 g/mol. The maximum atomic E-state index is 12.8. The minimum absolute atomic E-state index is 0.0285. The Kier molecular flexibility index (Phi) is 6.59. The second-order valence-electron chi connectivity index (χ2n) is 8.78. The fourth-order valence-corrected chi connectivity index (χ4v) is 4.76.